The van der Waals surface area contributed by atoms with E-state index in [-0.39, 0.29) is 18.4 Å². The average molecular weight is 475 g/mol. The molecule has 0 saturated carbocycles. The fourth-order valence-electron chi connectivity index (χ4n) is 3.50. The van der Waals surface area contributed by atoms with E-state index in [1.165, 1.54) is 7.11 Å². The van der Waals surface area contributed by atoms with Gasteiger partial charge in [0.25, 0.3) is 11.8 Å². The maximum Gasteiger partial charge on any atom is 0.259 e. The predicted octanol–water partition coefficient (Wildman–Crippen LogP) is 5.45. The van der Waals surface area contributed by atoms with Crippen molar-refractivity contribution in [3.8, 4) is 11.5 Å². The highest BCUT2D eigenvalue weighted by Gasteiger charge is 2.17. The zero-order valence-corrected chi connectivity index (χ0v) is 19.3. The van der Waals surface area contributed by atoms with Gasteiger partial charge in [-0.15, -0.1) is 0 Å². The number of carbonyl (C=O) groups is 2. The molecule has 4 aromatic rings. The molecule has 172 valence electrons. The number of hydrogen-bond donors (Lipinski definition) is 2. The van der Waals surface area contributed by atoms with Crippen LogP contribution in [0.15, 0.2) is 84.9 Å². The Morgan fingerprint density at radius 3 is 2.35 bits per heavy atom. The lowest BCUT2D eigenvalue weighted by Gasteiger charge is -2.15. The average Bonchev–Trinajstić information content (AvgIpc) is 2.86. The molecule has 7 heteroatoms. The smallest absolute Gasteiger partial charge is 0.259 e. The van der Waals surface area contributed by atoms with Crippen molar-refractivity contribution < 1.29 is 19.1 Å². The first-order chi connectivity index (χ1) is 16.5. The number of amides is 2. The molecule has 0 aliphatic heterocycles. The minimum atomic E-state index is -0.371. The lowest BCUT2D eigenvalue weighted by atomic mass is 10.1. The van der Waals surface area contributed by atoms with Crippen molar-refractivity contribution in [1.82, 2.24) is 5.32 Å². The Labute approximate surface area is 202 Å². The number of halogens is 1. The van der Waals surface area contributed by atoms with Crippen molar-refractivity contribution in [1.29, 1.82) is 0 Å². The molecule has 4 rings (SSSR count). The molecule has 0 bridgehead atoms. The molecule has 4 aromatic carbocycles. The molecule has 0 atom stereocenters. The van der Waals surface area contributed by atoms with Gasteiger partial charge in [-0.05, 0) is 52.7 Å². The van der Waals surface area contributed by atoms with Gasteiger partial charge >= 0.3 is 0 Å². The van der Waals surface area contributed by atoms with Crippen molar-refractivity contribution in [2.75, 3.05) is 19.0 Å². The van der Waals surface area contributed by atoms with Crippen LogP contribution in [0.5, 0.6) is 11.5 Å². The molecule has 0 heterocycles. The molecule has 2 N–H and O–H groups in total. The van der Waals surface area contributed by atoms with Gasteiger partial charge in [0.15, 0.2) is 6.61 Å². The molecule has 0 aliphatic rings. The largest absolute Gasteiger partial charge is 0.495 e. The van der Waals surface area contributed by atoms with Crippen molar-refractivity contribution in [2.24, 2.45) is 0 Å². The Morgan fingerprint density at radius 1 is 0.853 bits per heavy atom. The lowest BCUT2D eigenvalue weighted by Crippen LogP contribution is -2.28. The summed E-state index contributed by atoms with van der Waals surface area (Å²) in [5.74, 6) is 0.164. The summed E-state index contributed by atoms with van der Waals surface area (Å²) >= 11 is 5.99. The van der Waals surface area contributed by atoms with Crippen LogP contribution in [0.4, 0.5) is 5.69 Å². The number of rotatable bonds is 8. The summed E-state index contributed by atoms with van der Waals surface area (Å²) in [4.78, 5) is 25.6. The molecule has 6 nitrogen and oxygen atoms in total. The van der Waals surface area contributed by atoms with Crippen molar-refractivity contribution in [2.45, 2.75) is 6.54 Å². The Kier molecular flexibility index (Phi) is 7.30. The molecule has 0 radical (unpaired) electrons. The van der Waals surface area contributed by atoms with Gasteiger partial charge in [-0.25, -0.2) is 0 Å². The number of hydrogen-bond acceptors (Lipinski definition) is 4. The first-order valence-corrected chi connectivity index (χ1v) is 11.0. The maximum atomic E-state index is 13.2. The van der Waals surface area contributed by atoms with Crippen molar-refractivity contribution in [3.05, 3.63) is 101 Å². The van der Waals surface area contributed by atoms with Crippen LogP contribution in [0.2, 0.25) is 5.02 Å². The molecule has 0 unspecified atom stereocenters. The fourth-order valence-corrected chi connectivity index (χ4v) is 3.71. The zero-order chi connectivity index (χ0) is 23.9. The molecule has 2 amide bonds. The van der Waals surface area contributed by atoms with Crippen LogP contribution in [-0.4, -0.2) is 25.5 Å². The van der Waals surface area contributed by atoms with E-state index in [9.17, 15) is 9.59 Å². The predicted molar refractivity (Wildman–Crippen MR) is 134 cm³/mol. The Bertz CT molecular complexity index is 1340. The van der Waals surface area contributed by atoms with Crippen molar-refractivity contribution in [3.63, 3.8) is 0 Å². The second kappa shape index (κ2) is 10.7. The van der Waals surface area contributed by atoms with Crippen LogP contribution in [0.25, 0.3) is 10.8 Å². The second-order valence-corrected chi connectivity index (χ2v) is 7.98. The zero-order valence-electron chi connectivity index (χ0n) is 18.5. The summed E-state index contributed by atoms with van der Waals surface area (Å²) in [5, 5.41) is 8.04. The van der Waals surface area contributed by atoms with Gasteiger partial charge in [-0.2, -0.15) is 0 Å². The van der Waals surface area contributed by atoms with E-state index in [1.54, 1.807) is 42.5 Å². The van der Waals surface area contributed by atoms with Gasteiger partial charge in [-0.1, -0.05) is 60.1 Å². The van der Waals surface area contributed by atoms with Gasteiger partial charge in [0, 0.05) is 11.6 Å². The third-order valence-corrected chi connectivity index (χ3v) is 5.42. The normalized spacial score (nSPS) is 10.5. The number of carbonyl (C=O) groups excluding carboxylic acids is 2. The van der Waals surface area contributed by atoms with E-state index < -0.39 is 0 Å². The number of anilines is 1. The van der Waals surface area contributed by atoms with E-state index in [1.807, 2.05) is 42.5 Å². The molecule has 0 fully saturated rings. The van der Waals surface area contributed by atoms with Crippen LogP contribution in [0, 0.1) is 0 Å². The number of methoxy groups -OCH3 is 1. The number of nitrogens with one attached hydrogen (secondary N) is 2. The summed E-state index contributed by atoms with van der Waals surface area (Å²) in [6, 6.07) is 25.5. The second-order valence-electron chi connectivity index (χ2n) is 7.55. The van der Waals surface area contributed by atoms with E-state index >= 15 is 0 Å². The van der Waals surface area contributed by atoms with E-state index in [4.69, 9.17) is 21.1 Å². The molecule has 0 aliphatic carbocycles. The van der Waals surface area contributed by atoms with Gasteiger partial charge in [-0.3, -0.25) is 9.59 Å². The van der Waals surface area contributed by atoms with E-state index in [0.717, 1.165) is 16.3 Å². The van der Waals surface area contributed by atoms with Gasteiger partial charge < -0.3 is 20.1 Å². The number of para-hydroxylation sites is 2. The summed E-state index contributed by atoms with van der Waals surface area (Å²) in [7, 11) is 1.54. The standard InChI is InChI=1S/C27H23ClN2O4/c1-33-24-12-5-4-11-23(24)30-27(32)22-14-19-8-2-3-9-20(19)15-25(22)34-17-26(31)29-16-18-7-6-10-21(28)13-18/h2-15H,16-17H2,1H3,(H,29,31)(H,30,32). The first kappa shape index (κ1) is 23.1. The quantitative estimate of drug-likeness (QED) is 0.356. The molecular formula is C27H23ClN2O4. The molecular weight excluding hydrogens is 452 g/mol. The van der Waals surface area contributed by atoms with Crippen LogP contribution >= 0.6 is 11.6 Å². The highest BCUT2D eigenvalue weighted by Crippen LogP contribution is 2.29. The first-order valence-electron chi connectivity index (χ1n) is 10.6. The summed E-state index contributed by atoms with van der Waals surface area (Å²) < 4.78 is 11.1. The number of benzene rings is 4. The van der Waals surface area contributed by atoms with Gasteiger partial charge in [0.1, 0.15) is 11.5 Å². The highest BCUT2D eigenvalue weighted by molar-refractivity contribution is 6.30. The third-order valence-electron chi connectivity index (χ3n) is 5.19. The Balaban J connectivity index is 1.52. The molecule has 0 aromatic heterocycles. The Morgan fingerprint density at radius 2 is 1.59 bits per heavy atom. The topological polar surface area (TPSA) is 76.7 Å². The number of fused-ring (bicyclic) bond motifs is 1. The van der Waals surface area contributed by atoms with E-state index in [2.05, 4.69) is 10.6 Å². The minimum absolute atomic E-state index is 0.242. The maximum absolute atomic E-state index is 13.2. The van der Waals surface area contributed by atoms with Crippen molar-refractivity contribution >= 4 is 39.9 Å². The Hall–Kier alpha value is -4.03. The molecule has 0 saturated heterocycles. The molecule has 34 heavy (non-hydrogen) atoms. The molecule has 0 spiro atoms. The van der Waals surface area contributed by atoms with E-state index in [0.29, 0.717) is 34.3 Å². The SMILES string of the molecule is COc1ccccc1NC(=O)c1cc2ccccc2cc1OCC(=O)NCc1cccc(Cl)c1. The third kappa shape index (κ3) is 5.66. The van der Waals surface area contributed by atoms with Crippen LogP contribution in [-0.2, 0) is 11.3 Å². The lowest BCUT2D eigenvalue weighted by molar-refractivity contribution is -0.123. The van der Waals surface area contributed by atoms with Crippen LogP contribution in [0.3, 0.4) is 0 Å². The summed E-state index contributed by atoms with van der Waals surface area (Å²) in [6.07, 6.45) is 0. The summed E-state index contributed by atoms with van der Waals surface area (Å²) in [6.45, 7) is 0.0788. The van der Waals surface area contributed by atoms with Gasteiger partial charge in [0.05, 0.1) is 18.4 Å². The monoisotopic (exact) mass is 474 g/mol. The summed E-state index contributed by atoms with van der Waals surface area (Å²) in [5.41, 5.74) is 1.73. The fraction of sp³-hybridized carbons (Fsp3) is 0.111. The number of ether oxygens (including phenoxy) is 2. The highest BCUT2D eigenvalue weighted by atomic mass is 35.5. The van der Waals surface area contributed by atoms with Crippen LogP contribution < -0.4 is 20.1 Å². The minimum Gasteiger partial charge on any atom is -0.495 e. The van der Waals surface area contributed by atoms with Gasteiger partial charge in [0.2, 0.25) is 0 Å². The van der Waals surface area contributed by atoms with Crippen LogP contribution in [0.1, 0.15) is 15.9 Å².